The number of carboxylic acids is 1. The van der Waals surface area contributed by atoms with Crippen LogP contribution in [0.2, 0.25) is 0 Å². The van der Waals surface area contributed by atoms with Gasteiger partial charge in [-0.2, -0.15) is 8.78 Å². The molecular formula is C26H34F3N3O6. The average molecular weight is 542 g/mol. The van der Waals surface area contributed by atoms with E-state index in [4.69, 9.17) is 15.6 Å². The number of benzene rings is 1. The van der Waals surface area contributed by atoms with E-state index < -0.39 is 42.4 Å². The number of carboxylic acid groups (broad SMARTS) is 1. The zero-order valence-electron chi connectivity index (χ0n) is 21.0. The van der Waals surface area contributed by atoms with Gasteiger partial charge in [-0.25, -0.2) is 4.39 Å². The summed E-state index contributed by atoms with van der Waals surface area (Å²) in [5, 5.41) is 12.6. The quantitative estimate of drug-likeness (QED) is 0.393. The third-order valence-electron chi connectivity index (χ3n) is 7.76. The number of nitrogens with one attached hydrogen (secondary N) is 1. The molecule has 12 heteroatoms. The molecule has 0 bridgehead atoms. The molecule has 0 unspecified atom stereocenters. The number of fused-ring (bicyclic) bond motifs is 1. The van der Waals surface area contributed by atoms with Crippen molar-refractivity contribution in [2.24, 2.45) is 5.73 Å². The highest BCUT2D eigenvalue weighted by Gasteiger charge is 2.38. The molecule has 9 nitrogen and oxygen atoms in total. The number of ether oxygens (including phenoxy) is 2. The maximum Gasteiger partial charge on any atom is 0.345 e. The van der Waals surface area contributed by atoms with Crippen LogP contribution in [0, 0.1) is 5.82 Å². The summed E-state index contributed by atoms with van der Waals surface area (Å²) in [6.45, 7) is -2.39. The highest BCUT2D eigenvalue weighted by atomic mass is 19.3. The Bertz CT molecular complexity index is 1030. The largest absolute Gasteiger partial charge is 0.481 e. The van der Waals surface area contributed by atoms with Crippen molar-refractivity contribution in [3.05, 3.63) is 34.6 Å². The van der Waals surface area contributed by atoms with Gasteiger partial charge in [0.2, 0.25) is 5.91 Å². The fraction of sp³-hybridized carbons (Fsp3) is 0.654. The van der Waals surface area contributed by atoms with Crippen LogP contribution in [0.25, 0.3) is 0 Å². The number of hydrogen-bond donors (Lipinski definition) is 3. The predicted molar refractivity (Wildman–Crippen MR) is 129 cm³/mol. The van der Waals surface area contributed by atoms with Crippen LogP contribution in [-0.4, -0.2) is 71.3 Å². The Morgan fingerprint density at radius 1 is 1.21 bits per heavy atom. The molecule has 2 amide bonds. The summed E-state index contributed by atoms with van der Waals surface area (Å²) in [6.07, 6.45) is 3.19. The number of halogens is 3. The lowest BCUT2D eigenvalue weighted by Gasteiger charge is -2.37. The molecule has 1 aromatic carbocycles. The van der Waals surface area contributed by atoms with E-state index in [0.29, 0.717) is 37.9 Å². The lowest BCUT2D eigenvalue weighted by Crippen LogP contribution is -2.51. The number of nitrogens with two attached hydrogens (primary N) is 1. The number of carbonyl (C=O) groups is 3. The van der Waals surface area contributed by atoms with Crippen LogP contribution in [0.15, 0.2) is 12.1 Å². The first-order chi connectivity index (χ1) is 18.1. The van der Waals surface area contributed by atoms with Crippen LogP contribution in [0.4, 0.5) is 13.2 Å². The Kier molecular flexibility index (Phi) is 9.27. The van der Waals surface area contributed by atoms with E-state index in [9.17, 15) is 23.2 Å². The molecule has 3 atom stereocenters. The van der Waals surface area contributed by atoms with Crippen molar-refractivity contribution in [3.8, 4) is 0 Å². The average Bonchev–Trinajstić information content (AvgIpc) is 3.19. The van der Waals surface area contributed by atoms with Crippen LogP contribution in [-0.2, 0) is 32.0 Å². The Labute approximate surface area is 218 Å². The summed E-state index contributed by atoms with van der Waals surface area (Å²) in [5.74, 6) is -3.07. The number of alkyl halides is 2. The number of amides is 2. The lowest BCUT2D eigenvalue weighted by atomic mass is 9.89. The Morgan fingerprint density at radius 2 is 1.95 bits per heavy atom. The van der Waals surface area contributed by atoms with E-state index in [-0.39, 0.29) is 55.1 Å². The smallest absolute Gasteiger partial charge is 0.345 e. The van der Waals surface area contributed by atoms with Gasteiger partial charge >= 0.3 is 12.6 Å². The fourth-order valence-electron chi connectivity index (χ4n) is 5.81. The molecule has 4 N–H and O–H groups in total. The molecule has 210 valence electrons. The lowest BCUT2D eigenvalue weighted by molar-refractivity contribution is -0.170. The highest BCUT2D eigenvalue weighted by molar-refractivity contribution is 6.01. The Balaban J connectivity index is 1.42. The number of aliphatic carboxylic acids is 1. The van der Waals surface area contributed by atoms with Gasteiger partial charge in [0.25, 0.3) is 5.91 Å². The van der Waals surface area contributed by atoms with Gasteiger partial charge in [0.1, 0.15) is 11.9 Å². The highest BCUT2D eigenvalue weighted by Crippen LogP contribution is 2.32. The maximum absolute atomic E-state index is 15.6. The van der Waals surface area contributed by atoms with E-state index in [2.05, 4.69) is 10.1 Å². The fourth-order valence-corrected chi connectivity index (χ4v) is 5.81. The van der Waals surface area contributed by atoms with Crippen molar-refractivity contribution in [3.63, 3.8) is 0 Å². The first kappa shape index (κ1) is 28.3. The van der Waals surface area contributed by atoms with Crippen molar-refractivity contribution in [1.82, 2.24) is 10.2 Å². The summed E-state index contributed by atoms with van der Waals surface area (Å²) >= 11 is 0. The minimum atomic E-state index is -2.77. The molecule has 0 aromatic heterocycles. The predicted octanol–water partition coefficient (Wildman–Crippen LogP) is 2.73. The van der Waals surface area contributed by atoms with Crippen LogP contribution < -0.4 is 11.1 Å². The van der Waals surface area contributed by atoms with Crippen LogP contribution in [0.1, 0.15) is 72.9 Å². The number of primary amides is 1. The summed E-state index contributed by atoms with van der Waals surface area (Å²) in [5.41, 5.74) is 6.10. The first-order valence-electron chi connectivity index (χ1n) is 13.1. The van der Waals surface area contributed by atoms with Gasteiger partial charge in [-0.1, -0.05) is 6.07 Å². The molecule has 2 heterocycles. The molecule has 1 saturated heterocycles. The van der Waals surface area contributed by atoms with E-state index in [1.54, 1.807) is 6.07 Å². The molecular weight excluding hydrogens is 507 g/mol. The van der Waals surface area contributed by atoms with Gasteiger partial charge in [0.05, 0.1) is 18.8 Å². The Hall–Kier alpha value is -2.70. The van der Waals surface area contributed by atoms with Crippen LogP contribution >= 0.6 is 0 Å². The minimum Gasteiger partial charge on any atom is -0.481 e. The van der Waals surface area contributed by atoms with Gasteiger partial charge in [-0.05, 0) is 56.6 Å². The third kappa shape index (κ3) is 6.65. The molecule has 2 aliphatic heterocycles. The summed E-state index contributed by atoms with van der Waals surface area (Å²) < 4.78 is 51.3. The van der Waals surface area contributed by atoms with Crippen LogP contribution in [0.3, 0.4) is 0 Å². The van der Waals surface area contributed by atoms with Crippen molar-refractivity contribution < 1.29 is 42.1 Å². The van der Waals surface area contributed by atoms with Crippen molar-refractivity contribution >= 4 is 17.8 Å². The van der Waals surface area contributed by atoms with E-state index in [0.717, 1.165) is 17.7 Å². The Morgan fingerprint density at radius 3 is 2.61 bits per heavy atom. The second kappa shape index (κ2) is 12.4. The van der Waals surface area contributed by atoms with Crippen molar-refractivity contribution in [1.29, 1.82) is 0 Å². The first-order valence-corrected chi connectivity index (χ1v) is 13.1. The molecule has 3 aliphatic rings. The summed E-state index contributed by atoms with van der Waals surface area (Å²) in [7, 11) is 0. The zero-order chi connectivity index (χ0) is 27.4. The van der Waals surface area contributed by atoms with Crippen LogP contribution in [0.5, 0.6) is 0 Å². The zero-order valence-corrected chi connectivity index (χ0v) is 21.0. The third-order valence-corrected chi connectivity index (χ3v) is 7.76. The monoisotopic (exact) mass is 541 g/mol. The van der Waals surface area contributed by atoms with Gasteiger partial charge in [0.15, 0.2) is 0 Å². The number of carbonyl (C=O) groups excluding carboxylic acids is 2. The SMILES string of the molecule is NC(=O)[C@H](CCC(=O)O)N1Cc2c(ccc(C[C@H]3OCCC[C@@H]3NC3CCC(OC(F)F)CC3)c2F)C1=O. The normalized spacial score (nSPS) is 26.4. The topological polar surface area (TPSA) is 131 Å². The molecule has 2 fully saturated rings. The van der Waals surface area contributed by atoms with Crippen molar-refractivity contribution in [2.45, 2.75) is 101 Å². The second-order valence-corrected chi connectivity index (χ2v) is 10.2. The van der Waals surface area contributed by atoms with E-state index >= 15 is 4.39 Å². The summed E-state index contributed by atoms with van der Waals surface area (Å²) in [6, 6.07) is 2.02. The van der Waals surface area contributed by atoms with Gasteiger partial charge < -0.3 is 30.5 Å². The molecule has 1 saturated carbocycles. The summed E-state index contributed by atoms with van der Waals surface area (Å²) in [4.78, 5) is 37.0. The standard InChI is InChI=1S/C26H34F3N3O6/c27-23-14(3-8-17-18(23)13-32(25(17)36)20(24(30)35)9-10-22(33)34)12-21-19(2-1-11-37-21)31-15-4-6-16(7-5-15)38-26(28)29/h3,8,15-16,19-21,26,31H,1-2,4-7,9-13H2,(H2,30,35)(H,33,34)/t15?,16?,19-,20-,21+/m0/s1. The van der Waals surface area contributed by atoms with E-state index in [1.165, 1.54) is 6.07 Å². The molecule has 0 radical (unpaired) electrons. The number of rotatable bonds is 11. The molecule has 1 aliphatic carbocycles. The van der Waals surface area contributed by atoms with Crippen molar-refractivity contribution in [2.75, 3.05) is 6.61 Å². The maximum atomic E-state index is 15.6. The van der Waals surface area contributed by atoms with Gasteiger partial charge in [-0.3, -0.25) is 14.4 Å². The number of hydrogen-bond acceptors (Lipinski definition) is 6. The molecule has 1 aromatic rings. The number of nitrogens with zero attached hydrogens (tertiary/aromatic N) is 1. The van der Waals surface area contributed by atoms with E-state index in [1.807, 2.05) is 0 Å². The molecule has 38 heavy (non-hydrogen) atoms. The van der Waals surface area contributed by atoms with Gasteiger partial charge in [0, 0.05) is 42.7 Å². The second-order valence-electron chi connectivity index (χ2n) is 10.2. The minimum absolute atomic E-state index is 0.0395. The van der Waals surface area contributed by atoms with Gasteiger partial charge in [-0.15, -0.1) is 0 Å². The molecule has 4 rings (SSSR count). The molecule has 0 spiro atoms.